The Bertz CT molecular complexity index is 3470. The van der Waals surface area contributed by atoms with E-state index in [1.807, 2.05) is 121 Å². The van der Waals surface area contributed by atoms with Crippen LogP contribution < -0.4 is 9.80 Å². The smallest absolute Gasteiger partial charge is 0.227 e. The summed E-state index contributed by atoms with van der Waals surface area (Å²) in [5.74, 6) is 0.558. The lowest BCUT2D eigenvalue weighted by atomic mass is 10.1. The topological polar surface area (TPSA) is 124 Å². The van der Waals surface area contributed by atoms with Crippen molar-refractivity contribution in [2.75, 3.05) is 9.80 Å². The summed E-state index contributed by atoms with van der Waals surface area (Å²) < 4.78 is 30.4. The van der Waals surface area contributed by atoms with Crippen molar-refractivity contribution in [2.24, 2.45) is 0 Å². The minimum Gasteiger partial charge on any atom is -0.454 e. The van der Waals surface area contributed by atoms with E-state index >= 15 is 0 Å². The van der Waals surface area contributed by atoms with Gasteiger partial charge in [-0.2, -0.15) is 0 Å². The van der Waals surface area contributed by atoms with Crippen molar-refractivity contribution in [3.05, 3.63) is 159 Å². The highest BCUT2D eigenvalue weighted by molar-refractivity contribution is 6.12. The first-order valence-corrected chi connectivity index (χ1v) is 18.2. The lowest BCUT2D eigenvalue weighted by Crippen LogP contribution is -2.10. The lowest BCUT2D eigenvalue weighted by molar-refractivity contribution is 0.601. The molecule has 270 valence electrons. The average molecular weight is 743 g/mol. The molecule has 11 nitrogen and oxygen atoms in total. The summed E-state index contributed by atoms with van der Waals surface area (Å²) in [5, 5.41) is 1.87. The molecule has 0 aliphatic rings. The number of anilines is 6. The number of aromatic nitrogens is 4. The van der Waals surface area contributed by atoms with Gasteiger partial charge in [0.25, 0.3) is 0 Å². The molecule has 5 heterocycles. The molecule has 0 spiro atoms. The maximum Gasteiger partial charge on any atom is 0.227 e. The molecule has 0 saturated carbocycles. The van der Waals surface area contributed by atoms with Crippen LogP contribution in [0.15, 0.2) is 181 Å². The molecule has 12 rings (SSSR count). The fourth-order valence-corrected chi connectivity index (χ4v) is 7.71. The van der Waals surface area contributed by atoms with Crippen LogP contribution in [-0.4, -0.2) is 19.9 Å². The summed E-state index contributed by atoms with van der Waals surface area (Å²) in [6.07, 6.45) is 4.38. The van der Waals surface area contributed by atoms with Crippen molar-refractivity contribution in [1.29, 1.82) is 0 Å². The highest BCUT2D eigenvalue weighted by Crippen LogP contribution is 2.46. The Morgan fingerprint density at radius 2 is 1.04 bits per heavy atom. The van der Waals surface area contributed by atoms with Gasteiger partial charge in [0.2, 0.25) is 5.89 Å². The van der Waals surface area contributed by atoms with E-state index in [-0.39, 0.29) is 0 Å². The second-order valence-electron chi connectivity index (χ2n) is 13.6. The van der Waals surface area contributed by atoms with E-state index in [0.29, 0.717) is 33.8 Å². The maximum absolute atomic E-state index is 6.80. The minimum absolute atomic E-state index is 0.558. The van der Waals surface area contributed by atoms with Gasteiger partial charge in [-0.3, -0.25) is 0 Å². The Morgan fingerprint density at radius 3 is 1.89 bits per heavy atom. The normalized spacial score (nSPS) is 11.9. The molecule has 0 amide bonds. The number of hydrogen-bond acceptors (Lipinski definition) is 11. The van der Waals surface area contributed by atoms with Crippen LogP contribution in [-0.2, 0) is 0 Å². The minimum atomic E-state index is 0.558. The molecule has 0 saturated heterocycles. The SMILES string of the molecule is c1ccc(-c2nc3ccc(N(c4ccc5ocnc5c4)c4cccc5c4oc4ccc(N(c6ccc7ncoc7c6)c6cccc7ncoc67)cc45)cc3o2)cc1. The number of para-hydroxylation sites is 2. The first-order valence-electron chi connectivity index (χ1n) is 18.2. The number of furan rings is 1. The fourth-order valence-electron chi connectivity index (χ4n) is 7.71. The second-order valence-corrected chi connectivity index (χ2v) is 13.6. The van der Waals surface area contributed by atoms with E-state index in [4.69, 9.17) is 27.1 Å². The molecule has 57 heavy (non-hydrogen) atoms. The Labute approximate surface area is 321 Å². The summed E-state index contributed by atoms with van der Waals surface area (Å²) in [4.78, 5) is 22.3. The van der Waals surface area contributed by atoms with Crippen LogP contribution in [0.5, 0.6) is 0 Å². The molecule has 12 aromatic rings. The third-order valence-corrected chi connectivity index (χ3v) is 10.3. The zero-order valence-corrected chi connectivity index (χ0v) is 29.7. The molecule has 0 bridgehead atoms. The Kier molecular flexibility index (Phi) is 6.66. The van der Waals surface area contributed by atoms with E-state index < -0.39 is 0 Å². The van der Waals surface area contributed by atoms with Crippen molar-refractivity contribution in [1.82, 2.24) is 19.9 Å². The second kappa shape index (κ2) is 12.2. The van der Waals surface area contributed by atoms with E-state index in [1.54, 1.807) is 0 Å². The summed E-state index contributed by atoms with van der Waals surface area (Å²) in [7, 11) is 0. The number of benzene rings is 7. The molecule has 0 aliphatic heterocycles. The number of hydrogen-bond donors (Lipinski definition) is 0. The lowest BCUT2D eigenvalue weighted by Gasteiger charge is -2.25. The highest BCUT2D eigenvalue weighted by atomic mass is 16.4. The fraction of sp³-hybridized carbons (Fsp3) is 0. The van der Waals surface area contributed by atoms with Gasteiger partial charge in [0, 0.05) is 39.8 Å². The molecule has 7 aromatic carbocycles. The molecule has 0 radical (unpaired) electrons. The Morgan fingerprint density at radius 1 is 0.386 bits per heavy atom. The van der Waals surface area contributed by atoms with Crippen molar-refractivity contribution in [2.45, 2.75) is 0 Å². The van der Waals surface area contributed by atoms with E-state index in [9.17, 15) is 0 Å². The van der Waals surface area contributed by atoms with Gasteiger partial charge in [-0.05, 0) is 91.0 Å². The quantitative estimate of drug-likeness (QED) is 0.155. The van der Waals surface area contributed by atoms with Crippen LogP contribution in [0.2, 0.25) is 0 Å². The molecular weight excluding hydrogens is 717 g/mol. The number of fused-ring (bicyclic) bond motifs is 7. The molecular formula is C46H26N6O5. The summed E-state index contributed by atoms with van der Waals surface area (Å²) >= 11 is 0. The third kappa shape index (κ3) is 4.99. The number of oxazole rings is 4. The summed E-state index contributed by atoms with van der Waals surface area (Å²) in [6.45, 7) is 0. The van der Waals surface area contributed by atoms with Gasteiger partial charge in [-0.15, -0.1) is 0 Å². The van der Waals surface area contributed by atoms with Crippen molar-refractivity contribution < 1.29 is 22.1 Å². The Balaban J connectivity index is 1.04. The van der Waals surface area contributed by atoms with Crippen molar-refractivity contribution >= 4 is 100 Å². The zero-order valence-electron chi connectivity index (χ0n) is 29.7. The van der Waals surface area contributed by atoms with E-state index in [2.05, 4.69) is 43.0 Å². The van der Waals surface area contributed by atoms with Gasteiger partial charge in [0.05, 0.1) is 22.7 Å². The molecule has 0 atom stereocenters. The van der Waals surface area contributed by atoms with Crippen LogP contribution >= 0.6 is 0 Å². The summed E-state index contributed by atoms with van der Waals surface area (Å²) in [5.41, 5.74) is 13.2. The first-order chi connectivity index (χ1) is 28.2. The standard InChI is InChI=1S/C46H26N6O5/c1-2-6-27(7-3-1)46-50-35-17-13-31(23-43(35)57-46)52(29-15-19-41-37(21-29)49-25-53-41)38-10-4-8-32-33-20-28(14-18-40(33)56-44(32)38)51(30-12-16-34-42(22-30)54-24-47-34)39-11-5-9-36-45(39)55-26-48-36/h1-26H. The van der Waals surface area contributed by atoms with Crippen LogP contribution in [0.25, 0.3) is 77.8 Å². The van der Waals surface area contributed by atoms with E-state index in [0.717, 1.165) is 78.1 Å². The van der Waals surface area contributed by atoms with Crippen molar-refractivity contribution in [3.63, 3.8) is 0 Å². The monoisotopic (exact) mass is 742 g/mol. The predicted octanol–water partition coefficient (Wildman–Crippen LogP) is 12.8. The maximum atomic E-state index is 6.80. The van der Waals surface area contributed by atoms with E-state index in [1.165, 1.54) is 19.2 Å². The number of nitrogens with zero attached hydrogens (tertiary/aromatic N) is 6. The number of rotatable bonds is 7. The molecule has 0 fully saturated rings. The average Bonchev–Trinajstić information content (AvgIpc) is 4.11. The highest BCUT2D eigenvalue weighted by Gasteiger charge is 2.24. The van der Waals surface area contributed by atoms with Gasteiger partial charge in [-0.25, -0.2) is 19.9 Å². The van der Waals surface area contributed by atoms with Crippen LogP contribution in [0.3, 0.4) is 0 Å². The first kappa shape index (κ1) is 31.2. The van der Waals surface area contributed by atoms with Gasteiger partial charge in [0.15, 0.2) is 47.1 Å². The predicted molar refractivity (Wildman–Crippen MR) is 219 cm³/mol. The van der Waals surface area contributed by atoms with Crippen LogP contribution in [0, 0.1) is 0 Å². The Hall–Kier alpha value is -8.18. The van der Waals surface area contributed by atoms with Gasteiger partial charge >= 0.3 is 0 Å². The third-order valence-electron chi connectivity index (χ3n) is 10.3. The largest absolute Gasteiger partial charge is 0.454 e. The van der Waals surface area contributed by atoms with Crippen molar-refractivity contribution in [3.8, 4) is 11.5 Å². The van der Waals surface area contributed by atoms with Crippen LogP contribution in [0.1, 0.15) is 0 Å². The molecule has 0 N–H and O–H groups in total. The van der Waals surface area contributed by atoms with Gasteiger partial charge in [0.1, 0.15) is 27.6 Å². The van der Waals surface area contributed by atoms with Crippen LogP contribution in [0.4, 0.5) is 34.1 Å². The molecule has 11 heteroatoms. The van der Waals surface area contributed by atoms with Gasteiger partial charge < -0.3 is 31.9 Å². The molecule has 5 aromatic heterocycles. The molecule has 0 unspecified atom stereocenters. The molecule has 0 aliphatic carbocycles. The van der Waals surface area contributed by atoms with Gasteiger partial charge in [-0.1, -0.05) is 36.4 Å². The zero-order chi connectivity index (χ0) is 37.5. The summed E-state index contributed by atoms with van der Waals surface area (Å²) in [6, 6.07) is 46.1.